The Labute approximate surface area is 119 Å². The minimum atomic E-state index is 0.211. The first kappa shape index (κ1) is 14.5. The third-order valence-electron chi connectivity index (χ3n) is 3.76. The summed E-state index contributed by atoms with van der Waals surface area (Å²) in [6, 6.07) is 2.58. The van der Waals surface area contributed by atoms with Crippen molar-refractivity contribution in [3.8, 4) is 0 Å². The van der Waals surface area contributed by atoms with Crippen LogP contribution in [0.15, 0.2) is 11.4 Å². The summed E-state index contributed by atoms with van der Waals surface area (Å²) >= 11 is 1.80. The van der Waals surface area contributed by atoms with Crippen LogP contribution < -0.4 is 5.32 Å². The molecule has 1 aliphatic heterocycles. The zero-order valence-corrected chi connectivity index (χ0v) is 12.8. The van der Waals surface area contributed by atoms with E-state index in [0.29, 0.717) is 12.6 Å². The molecule has 1 aromatic heterocycles. The third kappa shape index (κ3) is 3.78. The molecule has 0 saturated carbocycles. The average Bonchev–Trinajstić information content (AvgIpc) is 2.85. The largest absolute Gasteiger partial charge is 0.337 e. The number of hydrogen-bond acceptors (Lipinski definition) is 4. The lowest BCUT2D eigenvalue weighted by Gasteiger charge is -2.27. The van der Waals surface area contributed by atoms with Gasteiger partial charge in [-0.1, -0.05) is 0 Å². The Morgan fingerprint density at radius 3 is 3.11 bits per heavy atom. The summed E-state index contributed by atoms with van der Waals surface area (Å²) < 4.78 is 0. The van der Waals surface area contributed by atoms with E-state index in [0.717, 1.165) is 26.1 Å². The van der Waals surface area contributed by atoms with Crippen LogP contribution in [0.3, 0.4) is 0 Å². The Morgan fingerprint density at radius 1 is 1.58 bits per heavy atom. The van der Waals surface area contributed by atoms with Gasteiger partial charge in [-0.2, -0.15) is 0 Å². The van der Waals surface area contributed by atoms with Crippen molar-refractivity contribution in [3.63, 3.8) is 0 Å². The summed E-state index contributed by atoms with van der Waals surface area (Å²) in [5.41, 5.74) is 1.33. The van der Waals surface area contributed by atoms with E-state index in [9.17, 15) is 4.79 Å². The zero-order valence-electron chi connectivity index (χ0n) is 12.0. The molecule has 0 bridgehead atoms. The highest BCUT2D eigenvalue weighted by molar-refractivity contribution is 7.10. The molecular formula is C14H23N3OS. The molecule has 106 valence electrons. The molecule has 5 heteroatoms. The quantitative estimate of drug-likeness (QED) is 0.880. The van der Waals surface area contributed by atoms with E-state index in [1.807, 2.05) is 4.90 Å². The molecular weight excluding hydrogens is 258 g/mol. The van der Waals surface area contributed by atoms with Gasteiger partial charge in [0.2, 0.25) is 5.91 Å². The van der Waals surface area contributed by atoms with Crippen LogP contribution in [0.4, 0.5) is 0 Å². The summed E-state index contributed by atoms with van der Waals surface area (Å²) in [5, 5.41) is 5.37. The SMILES string of the molecule is CC(CNCC(=O)N1CCc2sccc2C1)N(C)C. The van der Waals surface area contributed by atoms with Gasteiger partial charge < -0.3 is 15.1 Å². The predicted molar refractivity (Wildman–Crippen MR) is 79.5 cm³/mol. The van der Waals surface area contributed by atoms with Crippen LogP contribution in [-0.4, -0.2) is 55.5 Å². The molecule has 4 nitrogen and oxygen atoms in total. The Morgan fingerprint density at radius 2 is 2.37 bits per heavy atom. The minimum Gasteiger partial charge on any atom is -0.337 e. The van der Waals surface area contributed by atoms with Gasteiger partial charge in [0.25, 0.3) is 0 Å². The normalized spacial score (nSPS) is 16.5. The Kier molecular flexibility index (Phi) is 4.96. The van der Waals surface area contributed by atoms with Crippen molar-refractivity contribution in [1.82, 2.24) is 15.1 Å². The number of hydrogen-bond donors (Lipinski definition) is 1. The van der Waals surface area contributed by atoms with E-state index in [1.165, 1.54) is 10.4 Å². The van der Waals surface area contributed by atoms with E-state index in [4.69, 9.17) is 0 Å². The summed E-state index contributed by atoms with van der Waals surface area (Å²) in [7, 11) is 4.10. The van der Waals surface area contributed by atoms with Gasteiger partial charge in [-0.15, -0.1) is 11.3 Å². The second-order valence-electron chi connectivity index (χ2n) is 5.38. The van der Waals surface area contributed by atoms with E-state index in [2.05, 4.69) is 42.7 Å². The van der Waals surface area contributed by atoms with E-state index in [1.54, 1.807) is 11.3 Å². The highest BCUT2D eigenvalue weighted by atomic mass is 32.1. The number of likely N-dealkylation sites (N-methyl/N-ethyl adjacent to an activating group) is 1. The fourth-order valence-electron chi connectivity index (χ4n) is 2.14. The molecule has 1 N–H and O–H groups in total. The second kappa shape index (κ2) is 6.50. The summed E-state index contributed by atoms with van der Waals surface area (Å²) in [6.07, 6.45) is 1.01. The molecule has 0 radical (unpaired) electrons. The van der Waals surface area contributed by atoms with Crippen LogP contribution in [0.5, 0.6) is 0 Å². The topological polar surface area (TPSA) is 35.6 Å². The Bertz CT molecular complexity index is 430. The van der Waals surface area contributed by atoms with Gasteiger partial charge in [-0.3, -0.25) is 4.79 Å². The van der Waals surface area contributed by atoms with Crippen molar-refractivity contribution in [2.75, 3.05) is 33.7 Å². The van der Waals surface area contributed by atoms with Crippen LogP contribution in [0.25, 0.3) is 0 Å². The number of rotatable bonds is 5. The third-order valence-corrected chi connectivity index (χ3v) is 4.78. The van der Waals surface area contributed by atoms with Crippen molar-refractivity contribution in [1.29, 1.82) is 0 Å². The number of nitrogens with zero attached hydrogens (tertiary/aromatic N) is 2. The highest BCUT2D eigenvalue weighted by Gasteiger charge is 2.21. The Balaban J connectivity index is 1.76. The predicted octanol–water partition coefficient (Wildman–Crippen LogP) is 1.17. The molecule has 2 heterocycles. The minimum absolute atomic E-state index is 0.211. The smallest absolute Gasteiger partial charge is 0.236 e. The Hall–Kier alpha value is -0.910. The van der Waals surface area contributed by atoms with Gasteiger partial charge >= 0.3 is 0 Å². The molecule has 1 aliphatic rings. The van der Waals surface area contributed by atoms with Crippen LogP contribution in [0.1, 0.15) is 17.4 Å². The van der Waals surface area contributed by atoms with Gasteiger partial charge in [0.05, 0.1) is 6.54 Å². The van der Waals surface area contributed by atoms with Crippen molar-refractivity contribution in [2.24, 2.45) is 0 Å². The van der Waals surface area contributed by atoms with Gasteiger partial charge in [-0.25, -0.2) is 0 Å². The van der Waals surface area contributed by atoms with E-state index >= 15 is 0 Å². The molecule has 1 aromatic rings. The summed E-state index contributed by atoms with van der Waals surface area (Å²) in [6.45, 7) is 5.07. The lowest BCUT2D eigenvalue weighted by atomic mass is 10.1. The van der Waals surface area contributed by atoms with Crippen LogP contribution in [0.2, 0.25) is 0 Å². The number of nitrogens with one attached hydrogen (secondary N) is 1. The molecule has 0 aliphatic carbocycles. The molecule has 0 aromatic carbocycles. The molecule has 0 saturated heterocycles. The number of carbonyl (C=O) groups is 1. The maximum absolute atomic E-state index is 12.1. The summed E-state index contributed by atoms with van der Waals surface area (Å²) in [5.74, 6) is 0.211. The molecule has 1 atom stereocenters. The van der Waals surface area contributed by atoms with Gasteiger partial charge in [0.1, 0.15) is 0 Å². The van der Waals surface area contributed by atoms with Crippen LogP contribution in [0, 0.1) is 0 Å². The first-order chi connectivity index (χ1) is 9.08. The first-order valence-electron chi connectivity index (χ1n) is 6.78. The second-order valence-corrected chi connectivity index (χ2v) is 6.38. The van der Waals surface area contributed by atoms with Crippen molar-refractivity contribution >= 4 is 17.2 Å². The first-order valence-corrected chi connectivity index (χ1v) is 7.66. The van der Waals surface area contributed by atoms with Crippen molar-refractivity contribution < 1.29 is 4.79 Å². The maximum Gasteiger partial charge on any atom is 0.236 e. The van der Waals surface area contributed by atoms with Gasteiger partial charge in [-0.05, 0) is 44.4 Å². The molecule has 2 rings (SSSR count). The lowest BCUT2D eigenvalue weighted by molar-refractivity contribution is -0.131. The van der Waals surface area contributed by atoms with E-state index < -0.39 is 0 Å². The fourth-order valence-corrected chi connectivity index (χ4v) is 3.03. The molecule has 0 fully saturated rings. The maximum atomic E-state index is 12.1. The number of thiophene rings is 1. The molecule has 1 unspecified atom stereocenters. The van der Waals surface area contributed by atoms with Crippen LogP contribution in [-0.2, 0) is 17.8 Å². The van der Waals surface area contributed by atoms with Crippen LogP contribution >= 0.6 is 11.3 Å². The lowest BCUT2D eigenvalue weighted by Crippen LogP contribution is -2.43. The molecule has 1 amide bonds. The van der Waals surface area contributed by atoms with Crippen molar-refractivity contribution in [3.05, 3.63) is 21.9 Å². The van der Waals surface area contributed by atoms with E-state index in [-0.39, 0.29) is 5.91 Å². The van der Waals surface area contributed by atoms with Crippen molar-refractivity contribution in [2.45, 2.75) is 25.9 Å². The van der Waals surface area contributed by atoms with Gasteiger partial charge in [0, 0.05) is 30.6 Å². The molecule has 19 heavy (non-hydrogen) atoms. The molecule has 0 spiro atoms. The number of carbonyl (C=O) groups excluding carboxylic acids is 1. The fraction of sp³-hybridized carbons (Fsp3) is 0.643. The number of amides is 1. The standard InChI is InChI=1S/C14H23N3OS/c1-11(16(2)3)8-15-9-14(18)17-6-4-13-12(10-17)5-7-19-13/h5,7,11,15H,4,6,8-10H2,1-3H3. The monoisotopic (exact) mass is 281 g/mol. The zero-order chi connectivity index (χ0) is 13.8. The number of fused-ring (bicyclic) bond motifs is 1. The average molecular weight is 281 g/mol. The summed E-state index contributed by atoms with van der Waals surface area (Å²) in [4.78, 5) is 17.7. The highest BCUT2D eigenvalue weighted by Crippen LogP contribution is 2.23. The van der Waals surface area contributed by atoms with Gasteiger partial charge in [0.15, 0.2) is 0 Å².